The van der Waals surface area contributed by atoms with Gasteiger partial charge in [-0.1, -0.05) is 24.3 Å². The van der Waals surface area contributed by atoms with Gasteiger partial charge in [-0.25, -0.2) is 24.7 Å². The Hall–Kier alpha value is -4.05. The lowest BCUT2D eigenvalue weighted by atomic mass is 10.1. The van der Waals surface area contributed by atoms with Gasteiger partial charge in [0.05, 0.1) is 35.9 Å². The van der Waals surface area contributed by atoms with E-state index in [1.54, 1.807) is 23.5 Å². The minimum atomic E-state index is -0.536. The predicted octanol–water partition coefficient (Wildman–Crippen LogP) is 5.28. The minimum Gasteiger partial charge on any atom is -0.444 e. The van der Waals surface area contributed by atoms with Crippen molar-refractivity contribution in [1.29, 1.82) is 0 Å². The minimum absolute atomic E-state index is 0.135. The highest BCUT2D eigenvalue weighted by atomic mass is 16.6. The fourth-order valence-corrected chi connectivity index (χ4v) is 4.50. The van der Waals surface area contributed by atoms with Gasteiger partial charge in [0.25, 0.3) is 0 Å². The number of hydrogen-bond acceptors (Lipinski definition) is 7. The molecule has 0 spiro atoms. The van der Waals surface area contributed by atoms with Crippen molar-refractivity contribution in [3.63, 3.8) is 0 Å². The summed E-state index contributed by atoms with van der Waals surface area (Å²) in [5.41, 5.74) is 4.04. The van der Waals surface area contributed by atoms with Crippen LogP contribution in [0.5, 0.6) is 0 Å². The van der Waals surface area contributed by atoms with Crippen LogP contribution in [0.2, 0.25) is 0 Å². The van der Waals surface area contributed by atoms with Crippen LogP contribution >= 0.6 is 0 Å². The Morgan fingerprint density at radius 1 is 0.974 bits per heavy atom. The summed E-state index contributed by atoms with van der Waals surface area (Å²) in [5.74, 6) is 2.29. The van der Waals surface area contributed by atoms with Crippen LogP contribution in [0.15, 0.2) is 49.1 Å². The number of likely N-dealkylation sites (tertiary alicyclic amines) is 1. The maximum absolute atomic E-state index is 12.7. The summed E-state index contributed by atoms with van der Waals surface area (Å²) >= 11 is 0. The topological polar surface area (TPSA) is 125 Å². The van der Waals surface area contributed by atoms with E-state index in [1.165, 1.54) is 0 Å². The number of amides is 1. The molecule has 1 aromatic carbocycles. The lowest BCUT2D eigenvalue weighted by molar-refractivity contribution is 0.0218. The van der Waals surface area contributed by atoms with Crippen molar-refractivity contribution in [2.75, 3.05) is 13.6 Å². The van der Waals surface area contributed by atoms with E-state index in [0.717, 1.165) is 52.6 Å². The molecular formula is C28H34N8O2. The van der Waals surface area contributed by atoms with Crippen LogP contribution in [0.1, 0.15) is 64.3 Å². The van der Waals surface area contributed by atoms with E-state index >= 15 is 0 Å². The van der Waals surface area contributed by atoms with Gasteiger partial charge >= 0.3 is 6.09 Å². The normalized spacial score (nSPS) is 16.6. The van der Waals surface area contributed by atoms with Crippen LogP contribution in [0.3, 0.4) is 0 Å². The molecule has 4 aromatic rings. The average Bonchev–Trinajstić information content (AvgIpc) is 3.68. The van der Waals surface area contributed by atoms with Gasteiger partial charge in [0.15, 0.2) is 5.82 Å². The zero-order valence-corrected chi connectivity index (χ0v) is 22.4. The number of aromatic amines is 2. The molecule has 2 atom stereocenters. The number of ether oxygens (including phenoxy) is 1. The fraction of sp³-hybridized carbons (Fsp3) is 0.393. The maximum atomic E-state index is 12.7. The van der Waals surface area contributed by atoms with Gasteiger partial charge in [-0.2, -0.15) is 0 Å². The van der Waals surface area contributed by atoms with Gasteiger partial charge in [-0.3, -0.25) is 4.90 Å². The van der Waals surface area contributed by atoms with E-state index in [4.69, 9.17) is 4.74 Å². The number of nitrogens with one attached hydrogen (secondary N) is 3. The summed E-state index contributed by atoms with van der Waals surface area (Å²) in [6, 6.07) is 8.10. The summed E-state index contributed by atoms with van der Waals surface area (Å²) in [6.45, 7) is 8.34. The van der Waals surface area contributed by atoms with Crippen LogP contribution in [-0.2, 0) is 4.74 Å². The first-order valence-electron chi connectivity index (χ1n) is 12.9. The highest BCUT2D eigenvalue weighted by Gasteiger charge is 2.34. The molecule has 0 aliphatic carbocycles. The molecule has 0 bridgehead atoms. The van der Waals surface area contributed by atoms with E-state index in [-0.39, 0.29) is 18.2 Å². The monoisotopic (exact) mass is 514 g/mol. The Morgan fingerprint density at radius 2 is 1.63 bits per heavy atom. The Kier molecular flexibility index (Phi) is 6.98. The van der Waals surface area contributed by atoms with Gasteiger partial charge in [-0.05, 0) is 53.1 Å². The lowest BCUT2D eigenvalue weighted by Gasteiger charge is -2.27. The lowest BCUT2D eigenvalue weighted by Crippen LogP contribution is -2.36. The number of aromatic nitrogens is 6. The molecule has 1 aliphatic rings. The Bertz CT molecular complexity index is 1390. The molecule has 3 aromatic heterocycles. The molecular weight excluding hydrogens is 480 g/mol. The van der Waals surface area contributed by atoms with Crippen LogP contribution in [0.4, 0.5) is 4.79 Å². The highest BCUT2D eigenvalue weighted by Crippen LogP contribution is 2.33. The van der Waals surface area contributed by atoms with E-state index < -0.39 is 5.60 Å². The molecule has 0 radical (unpaired) electrons. The van der Waals surface area contributed by atoms with Crippen LogP contribution in [0.25, 0.3) is 33.9 Å². The van der Waals surface area contributed by atoms with Crippen molar-refractivity contribution in [2.24, 2.45) is 0 Å². The molecule has 1 saturated heterocycles. The molecule has 10 nitrogen and oxygen atoms in total. The first-order valence-corrected chi connectivity index (χ1v) is 12.9. The molecule has 1 fully saturated rings. The molecule has 3 N–H and O–H groups in total. The van der Waals surface area contributed by atoms with Crippen molar-refractivity contribution in [2.45, 2.75) is 58.2 Å². The van der Waals surface area contributed by atoms with Gasteiger partial charge in [0, 0.05) is 30.1 Å². The van der Waals surface area contributed by atoms with Crippen molar-refractivity contribution in [3.05, 3.63) is 60.7 Å². The number of carbonyl (C=O) groups excluding carboxylic acids is 1. The van der Waals surface area contributed by atoms with E-state index in [9.17, 15) is 4.79 Å². The first kappa shape index (κ1) is 25.6. The standard InChI is InChI=1S/C28H34N8O2/c1-17(29-5)24-32-15-21(34-24)18-8-10-19(11-9-18)25-30-13-20(14-31-25)22-16-33-26(35-22)23-7-6-12-36(23)27(37)38-28(2,3)4/h8-11,13-17,23,29H,6-7,12H2,1-5H3,(H,32,34)(H,33,35)/t17-,23+/m0/s1. The highest BCUT2D eigenvalue weighted by molar-refractivity contribution is 5.69. The number of carbonyl (C=O) groups is 1. The Morgan fingerprint density at radius 3 is 2.32 bits per heavy atom. The largest absolute Gasteiger partial charge is 0.444 e. The third kappa shape index (κ3) is 5.45. The fourth-order valence-electron chi connectivity index (χ4n) is 4.50. The van der Waals surface area contributed by atoms with Gasteiger partial charge in [0.1, 0.15) is 17.2 Å². The number of imidazole rings is 2. The van der Waals surface area contributed by atoms with E-state index in [2.05, 4.69) is 42.1 Å². The van der Waals surface area contributed by atoms with Crippen molar-refractivity contribution >= 4 is 6.09 Å². The van der Waals surface area contributed by atoms with Crippen LogP contribution in [0, 0.1) is 0 Å². The second kappa shape index (κ2) is 10.4. The zero-order chi connectivity index (χ0) is 26.9. The molecule has 10 heteroatoms. The molecule has 38 heavy (non-hydrogen) atoms. The number of hydrogen-bond donors (Lipinski definition) is 3. The summed E-state index contributed by atoms with van der Waals surface area (Å²) in [5, 5.41) is 3.18. The van der Waals surface area contributed by atoms with Crippen LogP contribution < -0.4 is 5.32 Å². The smallest absolute Gasteiger partial charge is 0.410 e. The first-order chi connectivity index (χ1) is 18.2. The van der Waals surface area contributed by atoms with E-state index in [1.807, 2.05) is 58.3 Å². The summed E-state index contributed by atoms with van der Waals surface area (Å²) < 4.78 is 5.59. The van der Waals surface area contributed by atoms with Gasteiger partial charge in [0.2, 0.25) is 0 Å². The van der Waals surface area contributed by atoms with E-state index in [0.29, 0.717) is 12.4 Å². The quantitative estimate of drug-likeness (QED) is 0.320. The molecule has 198 valence electrons. The number of benzene rings is 1. The molecule has 0 saturated carbocycles. The van der Waals surface area contributed by atoms with Crippen molar-refractivity contribution in [3.8, 4) is 33.9 Å². The molecule has 0 unspecified atom stereocenters. The third-order valence-corrected chi connectivity index (χ3v) is 6.65. The van der Waals surface area contributed by atoms with Gasteiger partial charge in [-0.15, -0.1) is 0 Å². The number of rotatable bonds is 6. The Balaban J connectivity index is 1.28. The summed E-state index contributed by atoms with van der Waals surface area (Å²) in [7, 11) is 1.91. The number of nitrogens with zero attached hydrogens (tertiary/aromatic N) is 5. The molecule has 1 aliphatic heterocycles. The molecule has 5 rings (SSSR count). The average molecular weight is 515 g/mol. The van der Waals surface area contributed by atoms with Gasteiger partial charge < -0.3 is 20.0 Å². The summed E-state index contributed by atoms with van der Waals surface area (Å²) in [4.78, 5) is 39.3. The molecule has 4 heterocycles. The zero-order valence-electron chi connectivity index (χ0n) is 22.4. The second-order valence-electron chi connectivity index (χ2n) is 10.6. The maximum Gasteiger partial charge on any atom is 0.410 e. The van der Waals surface area contributed by atoms with Crippen molar-refractivity contribution in [1.82, 2.24) is 40.1 Å². The predicted molar refractivity (Wildman–Crippen MR) is 145 cm³/mol. The van der Waals surface area contributed by atoms with Crippen molar-refractivity contribution < 1.29 is 9.53 Å². The molecule has 1 amide bonds. The number of H-pyrrole nitrogens is 2. The third-order valence-electron chi connectivity index (χ3n) is 6.65. The summed E-state index contributed by atoms with van der Waals surface area (Å²) in [6.07, 6.45) is 8.63. The SMILES string of the molecule is CN[C@@H](C)c1ncc(-c2ccc(-c3ncc(-c4cnc([C@H]5CCCN5C(=O)OC(C)(C)C)[nH]4)cn3)cc2)[nH]1. The van der Waals surface area contributed by atoms with Crippen LogP contribution in [-0.4, -0.2) is 60.1 Å². The second-order valence-corrected chi connectivity index (χ2v) is 10.6. The Labute approximate surface area is 222 Å².